The molecular formula is C23H20ClFN4O2. The predicted molar refractivity (Wildman–Crippen MR) is 118 cm³/mol. The van der Waals surface area contributed by atoms with Gasteiger partial charge >= 0.3 is 6.03 Å². The van der Waals surface area contributed by atoms with Gasteiger partial charge in [-0.15, -0.1) is 0 Å². The number of nitrogens with one attached hydrogen (secondary N) is 2. The van der Waals surface area contributed by atoms with Crippen LogP contribution in [0.15, 0.2) is 60.8 Å². The zero-order valence-electron chi connectivity index (χ0n) is 16.6. The molecule has 0 aliphatic carbocycles. The van der Waals surface area contributed by atoms with Crippen molar-refractivity contribution in [1.29, 1.82) is 0 Å². The fraction of sp³-hybridized carbons (Fsp3) is 0.174. The lowest BCUT2D eigenvalue weighted by molar-refractivity contribution is -0.131. The average Bonchev–Trinajstić information content (AvgIpc) is 2.77. The van der Waals surface area contributed by atoms with Crippen LogP contribution in [0.3, 0.4) is 0 Å². The number of aromatic nitrogens is 1. The first-order valence-electron chi connectivity index (χ1n) is 9.81. The number of hydrogen-bond acceptors (Lipinski definition) is 3. The highest BCUT2D eigenvalue weighted by molar-refractivity contribution is 6.29. The van der Waals surface area contributed by atoms with Gasteiger partial charge in [0.25, 0.3) is 0 Å². The minimum absolute atomic E-state index is 0.00503. The number of carbonyl (C=O) groups is 2. The second-order valence-corrected chi connectivity index (χ2v) is 7.62. The molecular weight excluding hydrogens is 419 g/mol. The molecule has 31 heavy (non-hydrogen) atoms. The summed E-state index contributed by atoms with van der Waals surface area (Å²) in [6, 6.07) is 14.5. The minimum Gasteiger partial charge on any atom is -0.338 e. The van der Waals surface area contributed by atoms with Crippen molar-refractivity contribution in [3.8, 4) is 0 Å². The number of benzene rings is 2. The summed E-state index contributed by atoms with van der Waals surface area (Å²) in [6.07, 6.45) is 2.47. The SMILES string of the molecule is O=C(Nc1ccccc1F)Nc1cccc2c1CCN(C(=O)Cc1ccc(Cl)nc1)C2. The fourth-order valence-electron chi connectivity index (χ4n) is 3.58. The summed E-state index contributed by atoms with van der Waals surface area (Å²) in [6.45, 7) is 1.00. The maximum Gasteiger partial charge on any atom is 0.323 e. The first-order chi connectivity index (χ1) is 15.0. The van der Waals surface area contributed by atoms with Gasteiger partial charge in [-0.1, -0.05) is 41.9 Å². The second kappa shape index (κ2) is 9.14. The lowest BCUT2D eigenvalue weighted by atomic mass is 9.97. The Hall–Kier alpha value is -3.45. The Morgan fingerprint density at radius 2 is 1.81 bits per heavy atom. The molecule has 0 saturated carbocycles. The Bertz CT molecular complexity index is 1120. The first-order valence-corrected chi connectivity index (χ1v) is 10.2. The Balaban J connectivity index is 1.42. The van der Waals surface area contributed by atoms with Gasteiger partial charge in [0.05, 0.1) is 12.1 Å². The summed E-state index contributed by atoms with van der Waals surface area (Å²) in [7, 11) is 0. The molecule has 3 aromatic rings. The third-order valence-corrected chi connectivity index (χ3v) is 5.36. The smallest absolute Gasteiger partial charge is 0.323 e. The van der Waals surface area contributed by atoms with E-state index in [1.165, 1.54) is 12.1 Å². The molecule has 3 amide bonds. The molecule has 4 rings (SSSR count). The normalized spacial score (nSPS) is 12.8. The van der Waals surface area contributed by atoms with Crippen LogP contribution >= 0.6 is 11.6 Å². The van der Waals surface area contributed by atoms with Gasteiger partial charge in [0.1, 0.15) is 11.0 Å². The Labute approximate surface area is 184 Å². The van der Waals surface area contributed by atoms with E-state index in [1.54, 1.807) is 41.4 Å². The molecule has 0 spiro atoms. The lowest BCUT2D eigenvalue weighted by Gasteiger charge is -2.30. The fourth-order valence-corrected chi connectivity index (χ4v) is 3.69. The molecule has 158 valence electrons. The van der Waals surface area contributed by atoms with Gasteiger partial charge in [-0.25, -0.2) is 14.2 Å². The maximum absolute atomic E-state index is 13.8. The topological polar surface area (TPSA) is 74.3 Å². The van der Waals surface area contributed by atoms with E-state index in [2.05, 4.69) is 15.6 Å². The van der Waals surface area contributed by atoms with E-state index in [-0.39, 0.29) is 18.0 Å². The van der Waals surface area contributed by atoms with Gasteiger partial charge in [-0.3, -0.25) is 4.79 Å². The van der Waals surface area contributed by atoms with Crippen molar-refractivity contribution in [3.05, 3.63) is 88.5 Å². The molecule has 0 radical (unpaired) electrons. The third-order valence-electron chi connectivity index (χ3n) is 5.13. The average molecular weight is 439 g/mol. The minimum atomic E-state index is -0.521. The van der Waals surface area contributed by atoms with Crippen LogP contribution in [0.2, 0.25) is 5.15 Å². The van der Waals surface area contributed by atoms with E-state index in [1.807, 2.05) is 12.1 Å². The molecule has 0 unspecified atom stereocenters. The van der Waals surface area contributed by atoms with Crippen LogP contribution in [0.25, 0.3) is 0 Å². The molecule has 1 aromatic heterocycles. The molecule has 1 aliphatic heterocycles. The summed E-state index contributed by atoms with van der Waals surface area (Å²) < 4.78 is 13.8. The molecule has 2 heterocycles. The van der Waals surface area contributed by atoms with Crippen LogP contribution in [0.1, 0.15) is 16.7 Å². The number of fused-ring (bicyclic) bond motifs is 1. The van der Waals surface area contributed by atoms with Gasteiger partial charge < -0.3 is 15.5 Å². The van der Waals surface area contributed by atoms with Crippen molar-refractivity contribution in [1.82, 2.24) is 9.88 Å². The van der Waals surface area contributed by atoms with E-state index in [0.29, 0.717) is 30.4 Å². The number of amides is 3. The monoisotopic (exact) mass is 438 g/mol. The molecule has 0 fully saturated rings. The van der Waals surface area contributed by atoms with E-state index in [0.717, 1.165) is 16.7 Å². The quantitative estimate of drug-likeness (QED) is 0.582. The third kappa shape index (κ3) is 5.00. The van der Waals surface area contributed by atoms with Crippen LogP contribution in [0, 0.1) is 5.82 Å². The molecule has 2 N–H and O–H groups in total. The number of hydrogen-bond donors (Lipinski definition) is 2. The van der Waals surface area contributed by atoms with Crippen LogP contribution in [-0.4, -0.2) is 28.4 Å². The lowest BCUT2D eigenvalue weighted by Crippen LogP contribution is -2.37. The summed E-state index contributed by atoms with van der Waals surface area (Å²) in [5.74, 6) is -0.497. The highest BCUT2D eigenvalue weighted by atomic mass is 35.5. The largest absolute Gasteiger partial charge is 0.338 e. The van der Waals surface area contributed by atoms with Crippen LogP contribution in [0.5, 0.6) is 0 Å². The van der Waals surface area contributed by atoms with Gasteiger partial charge in [0.15, 0.2) is 0 Å². The number of urea groups is 1. The Kier molecular flexibility index (Phi) is 6.13. The zero-order valence-corrected chi connectivity index (χ0v) is 17.3. The summed E-state index contributed by atoms with van der Waals surface area (Å²) >= 11 is 5.80. The molecule has 6 nitrogen and oxygen atoms in total. The van der Waals surface area contributed by atoms with Crippen LogP contribution < -0.4 is 10.6 Å². The van der Waals surface area contributed by atoms with E-state index < -0.39 is 11.8 Å². The number of nitrogens with zero attached hydrogens (tertiary/aromatic N) is 2. The summed E-state index contributed by atoms with van der Waals surface area (Å²) in [4.78, 5) is 30.9. The van der Waals surface area contributed by atoms with Crippen molar-refractivity contribution in [2.24, 2.45) is 0 Å². The number of pyridine rings is 1. The van der Waals surface area contributed by atoms with E-state index >= 15 is 0 Å². The molecule has 2 aromatic carbocycles. The number of anilines is 2. The zero-order chi connectivity index (χ0) is 21.8. The van der Waals surface area contributed by atoms with E-state index in [4.69, 9.17) is 11.6 Å². The highest BCUT2D eigenvalue weighted by Crippen LogP contribution is 2.27. The number of carbonyl (C=O) groups excluding carboxylic acids is 2. The summed E-state index contributed by atoms with van der Waals surface area (Å²) in [5, 5.41) is 5.70. The van der Waals surface area contributed by atoms with Crippen LogP contribution in [0.4, 0.5) is 20.6 Å². The van der Waals surface area contributed by atoms with Gasteiger partial charge in [-0.05, 0) is 47.4 Å². The second-order valence-electron chi connectivity index (χ2n) is 7.23. The molecule has 8 heteroatoms. The van der Waals surface area contributed by atoms with Gasteiger partial charge in [0.2, 0.25) is 5.91 Å². The maximum atomic E-state index is 13.8. The number of halogens is 2. The van der Waals surface area contributed by atoms with Gasteiger partial charge in [0, 0.05) is 25.0 Å². The van der Waals surface area contributed by atoms with Crippen LogP contribution in [-0.2, 0) is 24.2 Å². The molecule has 1 aliphatic rings. The molecule has 0 saturated heterocycles. The van der Waals surface area contributed by atoms with Crippen molar-refractivity contribution in [2.45, 2.75) is 19.4 Å². The first kappa shape index (κ1) is 20.8. The van der Waals surface area contributed by atoms with Gasteiger partial charge in [-0.2, -0.15) is 0 Å². The van der Waals surface area contributed by atoms with Crippen molar-refractivity contribution in [3.63, 3.8) is 0 Å². The standard InChI is InChI=1S/C23H20ClFN4O2/c24-21-9-8-15(13-26-21)12-22(30)29-11-10-17-16(14-29)4-3-7-19(17)27-23(31)28-20-6-2-1-5-18(20)25/h1-9,13H,10-12,14H2,(H2,27,28,31). The molecule has 0 bridgehead atoms. The highest BCUT2D eigenvalue weighted by Gasteiger charge is 2.23. The van der Waals surface area contributed by atoms with Crippen molar-refractivity contribution >= 4 is 34.9 Å². The number of para-hydroxylation sites is 1. The summed E-state index contributed by atoms with van der Waals surface area (Å²) in [5.41, 5.74) is 3.51. The van der Waals surface area contributed by atoms with Crippen molar-refractivity contribution < 1.29 is 14.0 Å². The Morgan fingerprint density at radius 1 is 1.03 bits per heavy atom. The molecule has 0 atom stereocenters. The predicted octanol–water partition coefficient (Wildman–Crippen LogP) is 4.65. The van der Waals surface area contributed by atoms with E-state index in [9.17, 15) is 14.0 Å². The Morgan fingerprint density at radius 3 is 2.58 bits per heavy atom. The number of rotatable bonds is 4. The van der Waals surface area contributed by atoms with Crippen molar-refractivity contribution in [2.75, 3.05) is 17.2 Å².